The van der Waals surface area contributed by atoms with Crippen LogP contribution in [0.15, 0.2) is 34.7 Å². The number of halogens is 3. The van der Waals surface area contributed by atoms with E-state index < -0.39 is 24.9 Å². The van der Waals surface area contributed by atoms with Crippen LogP contribution in [0.2, 0.25) is 0 Å². The van der Waals surface area contributed by atoms with Gasteiger partial charge in [0.25, 0.3) is 11.8 Å². The van der Waals surface area contributed by atoms with E-state index in [1.807, 2.05) is 6.07 Å². The van der Waals surface area contributed by atoms with Gasteiger partial charge in [0.05, 0.1) is 18.8 Å². The number of alkyl halides is 2. The molecule has 5 nitrogen and oxygen atoms in total. The molecule has 0 aliphatic heterocycles. The zero-order chi connectivity index (χ0) is 15.5. The summed E-state index contributed by atoms with van der Waals surface area (Å²) in [5, 5.41) is 2.09. The number of rotatable bonds is 5. The van der Waals surface area contributed by atoms with E-state index in [2.05, 4.69) is 10.3 Å². The van der Waals surface area contributed by atoms with Crippen molar-refractivity contribution in [3.63, 3.8) is 0 Å². The van der Waals surface area contributed by atoms with E-state index >= 15 is 0 Å². The van der Waals surface area contributed by atoms with Crippen LogP contribution < -0.4 is 11.1 Å². The van der Waals surface area contributed by atoms with Gasteiger partial charge in [0, 0.05) is 5.56 Å². The van der Waals surface area contributed by atoms with E-state index in [0.29, 0.717) is 11.3 Å². The highest BCUT2D eigenvalue weighted by Crippen LogP contribution is 2.21. The molecule has 0 spiro atoms. The average molecular weight is 332 g/mol. The third kappa shape index (κ3) is 4.25. The predicted molar refractivity (Wildman–Crippen MR) is 80.3 cm³/mol. The first-order chi connectivity index (χ1) is 9.93. The number of nitrogens with two attached hydrogens (primary N) is 1. The van der Waals surface area contributed by atoms with Gasteiger partial charge in [-0.15, -0.1) is 12.4 Å². The molecule has 120 valence electrons. The van der Waals surface area contributed by atoms with E-state index in [-0.39, 0.29) is 24.1 Å². The first kappa shape index (κ1) is 18.1. The van der Waals surface area contributed by atoms with Gasteiger partial charge in [0.1, 0.15) is 0 Å². The maximum atomic E-state index is 13.0. The summed E-state index contributed by atoms with van der Waals surface area (Å²) in [7, 11) is 0. The Balaban J connectivity index is 0.00000242. The summed E-state index contributed by atoms with van der Waals surface area (Å²) in [6.07, 6.45) is 0. The molecule has 1 aromatic heterocycles. The monoisotopic (exact) mass is 331 g/mol. The van der Waals surface area contributed by atoms with E-state index in [1.165, 1.54) is 0 Å². The van der Waals surface area contributed by atoms with Gasteiger partial charge in [-0.3, -0.25) is 4.79 Å². The highest BCUT2D eigenvalue weighted by molar-refractivity contribution is 5.92. The standard InChI is InChI=1S/C14H15F2N3O2.ClH/c1-9-11(12(20)18-8-14(15,16)7-17)21-13(19-9)10-5-3-2-4-6-10;/h2-6H,7-8,17H2,1H3,(H,18,20);1H. The van der Waals surface area contributed by atoms with Crippen molar-refractivity contribution in [3.8, 4) is 11.5 Å². The lowest BCUT2D eigenvalue weighted by Crippen LogP contribution is -2.41. The number of hydrogen-bond donors (Lipinski definition) is 2. The van der Waals surface area contributed by atoms with Crippen LogP contribution in [0.4, 0.5) is 8.78 Å². The summed E-state index contributed by atoms with van der Waals surface area (Å²) in [4.78, 5) is 16.0. The first-order valence-corrected chi connectivity index (χ1v) is 6.32. The minimum absolute atomic E-state index is 0. The van der Waals surface area contributed by atoms with Gasteiger partial charge in [-0.25, -0.2) is 13.8 Å². The van der Waals surface area contributed by atoms with Crippen molar-refractivity contribution in [1.29, 1.82) is 0 Å². The number of oxazole rings is 1. The minimum atomic E-state index is -3.15. The predicted octanol–water partition coefficient (Wildman–Crippen LogP) is 2.40. The number of hydrogen-bond acceptors (Lipinski definition) is 4. The smallest absolute Gasteiger partial charge is 0.289 e. The topological polar surface area (TPSA) is 81.2 Å². The van der Waals surface area contributed by atoms with Crippen LogP contribution in [0, 0.1) is 6.92 Å². The molecule has 2 aromatic rings. The highest BCUT2D eigenvalue weighted by Gasteiger charge is 2.28. The molecule has 3 N–H and O–H groups in total. The van der Waals surface area contributed by atoms with E-state index in [0.717, 1.165) is 0 Å². The highest BCUT2D eigenvalue weighted by atomic mass is 35.5. The van der Waals surface area contributed by atoms with Gasteiger partial charge in [-0.1, -0.05) is 18.2 Å². The third-order valence-corrected chi connectivity index (χ3v) is 2.83. The second kappa shape index (κ2) is 7.33. The van der Waals surface area contributed by atoms with Crippen molar-refractivity contribution in [3.05, 3.63) is 41.8 Å². The Hall–Kier alpha value is -1.99. The minimum Gasteiger partial charge on any atom is -0.431 e. The number of nitrogens with zero attached hydrogens (tertiary/aromatic N) is 1. The van der Waals surface area contributed by atoms with Crippen molar-refractivity contribution in [1.82, 2.24) is 10.3 Å². The van der Waals surface area contributed by atoms with Gasteiger partial charge < -0.3 is 15.5 Å². The Morgan fingerprint density at radius 1 is 1.36 bits per heavy atom. The molecule has 0 fully saturated rings. The summed E-state index contributed by atoms with van der Waals surface area (Å²) >= 11 is 0. The number of aryl methyl sites for hydroxylation is 1. The molecule has 8 heteroatoms. The lowest BCUT2D eigenvalue weighted by atomic mass is 10.2. The Labute approximate surface area is 132 Å². The van der Waals surface area contributed by atoms with Crippen LogP contribution in [0.5, 0.6) is 0 Å². The molecular weight excluding hydrogens is 316 g/mol. The molecule has 0 aliphatic carbocycles. The van der Waals surface area contributed by atoms with Crippen LogP contribution >= 0.6 is 12.4 Å². The lowest BCUT2D eigenvalue weighted by molar-refractivity contribution is 0.0116. The van der Waals surface area contributed by atoms with Crippen molar-refractivity contribution in [2.24, 2.45) is 5.73 Å². The van der Waals surface area contributed by atoms with Crippen LogP contribution in [0.1, 0.15) is 16.2 Å². The zero-order valence-electron chi connectivity index (χ0n) is 11.8. The maximum absolute atomic E-state index is 13.0. The molecular formula is C14H16ClF2N3O2. The number of carbonyl (C=O) groups excluding carboxylic acids is 1. The molecule has 1 aromatic carbocycles. The number of nitrogens with one attached hydrogen (secondary N) is 1. The molecule has 0 unspecified atom stereocenters. The zero-order valence-corrected chi connectivity index (χ0v) is 12.6. The van der Waals surface area contributed by atoms with Crippen molar-refractivity contribution < 1.29 is 18.0 Å². The normalized spacial score (nSPS) is 10.9. The maximum Gasteiger partial charge on any atom is 0.289 e. The summed E-state index contributed by atoms with van der Waals surface area (Å²) in [5.74, 6) is -3.70. The van der Waals surface area contributed by atoms with Crippen LogP contribution in [0.25, 0.3) is 11.5 Å². The number of amides is 1. The summed E-state index contributed by atoms with van der Waals surface area (Å²) in [5.41, 5.74) is 5.94. The molecule has 0 radical (unpaired) electrons. The van der Waals surface area contributed by atoms with Gasteiger partial charge >= 0.3 is 0 Å². The van der Waals surface area contributed by atoms with Gasteiger partial charge in [-0.05, 0) is 19.1 Å². The molecule has 0 aliphatic rings. The third-order valence-electron chi connectivity index (χ3n) is 2.83. The van der Waals surface area contributed by atoms with E-state index in [1.54, 1.807) is 31.2 Å². The van der Waals surface area contributed by atoms with Crippen molar-refractivity contribution >= 4 is 18.3 Å². The fourth-order valence-electron chi connectivity index (χ4n) is 1.67. The molecule has 22 heavy (non-hydrogen) atoms. The Bertz CT molecular complexity index is 632. The molecule has 0 saturated heterocycles. The fraction of sp³-hybridized carbons (Fsp3) is 0.286. The molecule has 1 amide bonds. The van der Waals surface area contributed by atoms with Crippen molar-refractivity contribution in [2.75, 3.05) is 13.1 Å². The molecule has 0 bridgehead atoms. The van der Waals surface area contributed by atoms with Gasteiger partial charge in [-0.2, -0.15) is 0 Å². The average Bonchev–Trinajstić information content (AvgIpc) is 2.88. The summed E-state index contributed by atoms with van der Waals surface area (Å²) in [6, 6.07) is 8.99. The summed E-state index contributed by atoms with van der Waals surface area (Å²) in [6.45, 7) is -0.104. The number of carbonyl (C=O) groups is 1. The Kier molecular flexibility index (Phi) is 6.01. The Morgan fingerprint density at radius 2 is 2.00 bits per heavy atom. The van der Waals surface area contributed by atoms with Crippen LogP contribution in [0.3, 0.4) is 0 Å². The molecule has 2 rings (SSSR count). The van der Waals surface area contributed by atoms with E-state index in [9.17, 15) is 13.6 Å². The summed E-state index contributed by atoms with van der Waals surface area (Å²) < 4.78 is 31.4. The first-order valence-electron chi connectivity index (χ1n) is 6.32. The largest absolute Gasteiger partial charge is 0.431 e. The lowest BCUT2D eigenvalue weighted by Gasteiger charge is -2.13. The second-order valence-electron chi connectivity index (χ2n) is 4.54. The molecule has 0 saturated carbocycles. The van der Waals surface area contributed by atoms with E-state index in [4.69, 9.17) is 10.2 Å². The second-order valence-corrected chi connectivity index (χ2v) is 4.54. The molecule has 1 heterocycles. The quantitative estimate of drug-likeness (QED) is 0.881. The van der Waals surface area contributed by atoms with Gasteiger partial charge in [0.2, 0.25) is 11.7 Å². The van der Waals surface area contributed by atoms with Gasteiger partial charge in [0.15, 0.2) is 0 Å². The number of aromatic nitrogens is 1. The SMILES string of the molecule is Cc1nc(-c2ccccc2)oc1C(=O)NCC(F)(F)CN.Cl. The number of benzene rings is 1. The molecule has 0 atom stereocenters. The Morgan fingerprint density at radius 3 is 2.59 bits per heavy atom. The van der Waals surface area contributed by atoms with Crippen LogP contribution in [-0.4, -0.2) is 29.9 Å². The van der Waals surface area contributed by atoms with Crippen LogP contribution in [-0.2, 0) is 0 Å². The van der Waals surface area contributed by atoms with Crippen molar-refractivity contribution in [2.45, 2.75) is 12.8 Å². The fourth-order valence-corrected chi connectivity index (χ4v) is 1.67.